The molecule has 0 saturated heterocycles. The third-order valence-electron chi connectivity index (χ3n) is 2.26. The molecule has 0 aliphatic heterocycles. The van der Waals surface area contributed by atoms with Crippen LogP contribution in [0.2, 0.25) is 0 Å². The molecule has 1 aromatic carbocycles. The number of hydrogen-bond acceptors (Lipinski definition) is 8. The van der Waals surface area contributed by atoms with Gasteiger partial charge in [0.25, 0.3) is 0 Å². The van der Waals surface area contributed by atoms with Crippen molar-refractivity contribution < 1.29 is 34.6 Å². The van der Waals surface area contributed by atoms with Crippen molar-refractivity contribution in [2.45, 2.75) is 0 Å². The topological polar surface area (TPSA) is 204 Å². The number of nitro groups is 3. The first kappa shape index (κ1) is 15.4. The van der Waals surface area contributed by atoms with E-state index in [-0.39, 0.29) is 6.07 Å². The Morgan fingerprint density at radius 1 is 0.857 bits per heavy atom. The minimum atomic E-state index is -2.14. The van der Waals surface area contributed by atoms with E-state index in [1.54, 1.807) is 0 Å². The Hall–Kier alpha value is -3.64. The lowest BCUT2D eigenvalue weighted by Crippen LogP contribution is -2.14. The third-order valence-corrected chi connectivity index (χ3v) is 2.26. The fourth-order valence-electron chi connectivity index (χ4n) is 1.53. The molecule has 0 radical (unpaired) electrons. The molecule has 2 N–H and O–H groups in total. The Balaban J connectivity index is 4.13. The number of aromatic carboxylic acids is 2. The second kappa shape index (κ2) is 5.16. The van der Waals surface area contributed by atoms with Crippen molar-refractivity contribution >= 4 is 29.0 Å². The lowest BCUT2D eigenvalue weighted by molar-refractivity contribution is -0.441. The maximum absolute atomic E-state index is 10.9. The molecule has 0 heterocycles. The molecule has 1 rings (SSSR count). The van der Waals surface area contributed by atoms with Crippen molar-refractivity contribution in [3.63, 3.8) is 0 Å². The van der Waals surface area contributed by atoms with Crippen LogP contribution in [-0.4, -0.2) is 36.9 Å². The van der Waals surface area contributed by atoms with Crippen LogP contribution in [0.3, 0.4) is 0 Å². The fourth-order valence-corrected chi connectivity index (χ4v) is 1.53. The zero-order chi connectivity index (χ0) is 16.5. The molecule has 0 spiro atoms. The van der Waals surface area contributed by atoms with Gasteiger partial charge in [-0.05, 0) is 0 Å². The van der Waals surface area contributed by atoms with Crippen LogP contribution >= 0.6 is 0 Å². The molecule has 0 unspecified atom stereocenters. The molecule has 1 aromatic rings. The molecule has 13 nitrogen and oxygen atoms in total. The number of carboxylic acids is 2. The van der Waals surface area contributed by atoms with Crippen LogP contribution in [0.25, 0.3) is 0 Å². The largest absolute Gasteiger partial charge is 0.478 e. The van der Waals surface area contributed by atoms with Gasteiger partial charge < -0.3 is 10.2 Å². The van der Waals surface area contributed by atoms with Crippen molar-refractivity contribution in [2.75, 3.05) is 0 Å². The zero-order valence-electron chi connectivity index (χ0n) is 9.58. The van der Waals surface area contributed by atoms with E-state index in [9.17, 15) is 39.9 Å². The summed E-state index contributed by atoms with van der Waals surface area (Å²) in [5, 5.41) is 49.9. The summed E-state index contributed by atoms with van der Waals surface area (Å²) in [5.41, 5.74) is -7.77. The van der Waals surface area contributed by atoms with Gasteiger partial charge in [0.1, 0.15) is 0 Å². The highest BCUT2D eigenvalue weighted by molar-refractivity contribution is 6.07. The van der Waals surface area contributed by atoms with Crippen LogP contribution in [-0.2, 0) is 0 Å². The van der Waals surface area contributed by atoms with Gasteiger partial charge in [-0.3, -0.25) is 30.3 Å². The minimum absolute atomic E-state index is 0.0942. The van der Waals surface area contributed by atoms with E-state index in [0.29, 0.717) is 0 Å². The normalized spacial score (nSPS) is 9.90. The van der Waals surface area contributed by atoms with Gasteiger partial charge in [-0.15, -0.1) is 0 Å². The zero-order valence-corrected chi connectivity index (χ0v) is 9.58. The summed E-state index contributed by atoms with van der Waals surface area (Å²) in [7, 11) is 0. The highest BCUT2D eigenvalue weighted by atomic mass is 16.6. The molecule has 0 saturated carbocycles. The highest BCUT2D eigenvalue weighted by Crippen LogP contribution is 2.41. The van der Waals surface area contributed by atoms with Crippen molar-refractivity contribution in [3.8, 4) is 0 Å². The first-order chi connectivity index (χ1) is 9.59. The summed E-state index contributed by atoms with van der Waals surface area (Å²) in [6.45, 7) is 0. The van der Waals surface area contributed by atoms with E-state index in [1.165, 1.54) is 0 Å². The van der Waals surface area contributed by atoms with Crippen LogP contribution in [0.1, 0.15) is 20.7 Å². The smallest absolute Gasteiger partial charge is 0.423 e. The Morgan fingerprint density at radius 3 is 1.62 bits per heavy atom. The predicted octanol–water partition coefficient (Wildman–Crippen LogP) is 0.808. The summed E-state index contributed by atoms with van der Waals surface area (Å²) in [6, 6.07) is 0.0942. The molecule has 0 amide bonds. The average molecular weight is 301 g/mol. The monoisotopic (exact) mass is 301 g/mol. The standard InChI is InChI=1S/C8H3N3O10/c12-7(13)2-1-3(9(16)17)5(10(18)19)6(11(20)21)4(2)8(14)15/h1H,(H,12,13)(H,14,15). The number of benzene rings is 1. The van der Waals surface area contributed by atoms with Crippen LogP contribution in [0, 0.1) is 30.3 Å². The van der Waals surface area contributed by atoms with Crippen molar-refractivity contribution in [1.82, 2.24) is 0 Å². The van der Waals surface area contributed by atoms with Gasteiger partial charge in [0.15, 0.2) is 5.56 Å². The second-order valence-corrected chi connectivity index (χ2v) is 3.40. The lowest BCUT2D eigenvalue weighted by atomic mass is 10.0. The molecule has 0 bridgehead atoms. The molecule has 0 fully saturated rings. The van der Waals surface area contributed by atoms with Crippen LogP contribution in [0.5, 0.6) is 0 Å². The first-order valence-corrected chi connectivity index (χ1v) is 4.70. The van der Waals surface area contributed by atoms with E-state index in [1.807, 2.05) is 0 Å². The van der Waals surface area contributed by atoms with E-state index in [4.69, 9.17) is 10.2 Å². The van der Waals surface area contributed by atoms with Crippen molar-refractivity contribution in [3.05, 3.63) is 47.5 Å². The van der Waals surface area contributed by atoms with Crippen LogP contribution < -0.4 is 0 Å². The quantitative estimate of drug-likeness (QED) is 0.577. The van der Waals surface area contributed by atoms with Gasteiger partial charge in [0, 0.05) is 6.07 Å². The summed E-state index contributed by atoms with van der Waals surface area (Å²) in [6.07, 6.45) is 0. The van der Waals surface area contributed by atoms with Gasteiger partial charge in [-0.2, -0.15) is 0 Å². The number of carboxylic acid groups (broad SMARTS) is 2. The Labute approximate surface area is 112 Å². The summed E-state index contributed by atoms with van der Waals surface area (Å²) >= 11 is 0. The van der Waals surface area contributed by atoms with Crippen LogP contribution in [0.4, 0.5) is 17.1 Å². The molecule has 0 aliphatic carbocycles. The molecule has 0 aliphatic rings. The fraction of sp³-hybridized carbons (Fsp3) is 0. The maximum atomic E-state index is 10.9. The first-order valence-electron chi connectivity index (χ1n) is 4.70. The summed E-state index contributed by atoms with van der Waals surface area (Å²) in [4.78, 5) is 49.6. The van der Waals surface area contributed by atoms with E-state index in [0.717, 1.165) is 0 Å². The molecular weight excluding hydrogens is 298 g/mol. The van der Waals surface area contributed by atoms with E-state index >= 15 is 0 Å². The number of nitrogens with zero attached hydrogens (tertiary/aromatic N) is 3. The maximum Gasteiger partial charge on any atom is 0.423 e. The van der Waals surface area contributed by atoms with Gasteiger partial charge in [-0.25, -0.2) is 9.59 Å². The van der Waals surface area contributed by atoms with Gasteiger partial charge in [0.05, 0.1) is 20.3 Å². The molecule has 0 atom stereocenters. The molecule has 13 heteroatoms. The third kappa shape index (κ3) is 2.55. The van der Waals surface area contributed by atoms with Crippen molar-refractivity contribution in [2.24, 2.45) is 0 Å². The minimum Gasteiger partial charge on any atom is -0.478 e. The van der Waals surface area contributed by atoms with E-state index < -0.39 is 54.9 Å². The SMILES string of the molecule is O=C(O)c1cc([N+](=O)[O-])c([N+](=O)[O-])c([N+](=O)[O-])c1C(=O)O. The number of rotatable bonds is 5. The number of carbonyl (C=O) groups is 2. The summed E-state index contributed by atoms with van der Waals surface area (Å²) < 4.78 is 0. The van der Waals surface area contributed by atoms with Gasteiger partial charge >= 0.3 is 29.0 Å². The molecule has 0 aromatic heterocycles. The summed E-state index contributed by atoms with van der Waals surface area (Å²) in [5.74, 6) is -4.16. The molecular formula is C8H3N3O10. The Bertz CT molecular complexity index is 658. The molecule has 110 valence electrons. The van der Waals surface area contributed by atoms with Gasteiger partial charge in [-0.1, -0.05) is 0 Å². The Kier molecular flexibility index (Phi) is 3.79. The Morgan fingerprint density at radius 2 is 1.33 bits per heavy atom. The van der Waals surface area contributed by atoms with Gasteiger partial charge in [0.2, 0.25) is 0 Å². The lowest BCUT2D eigenvalue weighted by Gasteiger charge is -2.04. The highest BCUT2D eigenvalue weighted by Gasteiger charge is 2.44. The molecule has 21 heavy (non-hydrogen) atoms. The van der Waals surface area contributed by atoms with E-state index in [2.05, 4.69) is 0 Å². The van der Waals surface area contributed by atoms with Crippen LogP contribution in [0.15, 0.2) is 6.07 Å². The second-order valence-electron chi connectivity index (χ2n) is 3.40. The van der Waals surface area contributed by atoms with Crippen molar-refractivity contribution in [1.29, 1.82) is 0 Å². The number of hydrogen-bond donors (Lipinski definition) is 2. The predicted molar refractivity (Wildman–Crippen MR) is 60.3 cm³/mol. The number of nitro benzene ring substituents is 3. The average Bonchev–Trinajstić information content (AvgIpc) is 2.34.